The van der Waals surface area contributed by atoms with Gasteiger partial charge in [0, 0.05) is 38.5 Å². The van der Waals surface area contributed by atoms with Gasteiger partial charge in [-0.2, -0.15) is 0 Å². The zero-order valence-corrected chi connectivity index (χ0v) is 22.1. The van der Waals surface area contributed by atoms with E-state index < -0.39 is 4.92 Å². The van der Waals surface area contributed by atoms with Crippen molar-refractivity contribution < 1.29 is 9.72 Å². The Morgan fingerprint density at radius 1 is 1.14 bits per heavy atom. The Morgan fingerprint density at radius 2 is 1.91 bits per heavy atom. The lowest BCUT2D eigenvalue weighted by molar-refractivity contribution is -0.380. The largest absolute Gasteiger partial charge is 0.324 e. The van der Waals surface area contributed by atoms with Crippen molar-refractivity contribution in [2.24, 2.45) is 0 Å². The number of para-hydroxylation sites is 1. The van der Waals surface area contributed by atoms with Gasteiger partial charge in [-0.25, -0.2) is 4.98 Å². The van der Waals surface area contributed by atoms with E-state index in [4.69, 9.17) is 4.98 Å². The summed E-state index contributed by atoms with van der Waals surface area (Å²) < 4.78 is 1.10. The highest BCUT2D eigenvalue weighted by Gasteiger charge is 2.41. The number of carbonyl (C=O) groups is 1. The molecule has 0 spiro atoms. The third-order valence-corrected chi connectivity index (χ3v) is 9.31. The summed E-state index contributed by atoms with van der Waals surface area (Å²) in [6, 6.07) is 11.1. The predicted octanol–water partition coefficient (Wildman–Crippen LogP) is 6.81. The summed E-state index contributed by atoms with van der Waals surface area (Å²) in [5.41, 5.74) is 2.77. The summed E-state index contributed by atoms with van der Waals surface area (Å²) in [4.78, 5) is 30.2. The summed E-state index contributed by atoms with van der Waals surface area (Å²) in [5, 5.41) is 19.5. The first-order valence-corrected chi connectivity index (χ1v) is 13.5. The monoisotopic (exact) mass is 524 g/mol. The number of thiazole rings is 1. The molecule has 1 aliphatic heterocycles. The lowest BCUT2D eigenvalue weighted by Gasteiger charge is -2.42. The summed E-state index contributed by atoms with van der Waals surface area (Å²) in [6.07, 6.45) is 3.84. The number of hydrogen-bond donors (Lipinski definition) is 2. The number of aromatic nitrogens is 1. The summed E-state index contributed by atoms with van der Waals surface area (Å²) in [7, 11) is 0. The SMILES string of the molecule is CC1(C)Cc2c(sc(NC(=O)C=Cc3ccc([N+](=O)[O-])s3)c2-c2nc3ccccc3s2)C(C)(C)N1. The Labute approximate surface area is 214 Å². The molecule has 1 aliphatic rings. The average Bonchev–Trinajstić information content (AvgIpc) is 3.47. The quantitative estimate of drug-likeness (QED) is 0.170. The topological polar surface area (TPSA) is 97.2 Å². The number of hydrogen-bond acceptors (Lipinski definition) is 8. The molecule has 2 N–H and O–H groups in total. The molecule has 3 aromatic heterocycles. The first-order chi connectivity index (χ1) is 16.5. The Bertz CT molecular complexity index is 1460. The molecular weight excluding hydrogens is 501 g/mol. The van der Waals surface area contributed by atoms with Gasteiger partial charge >= 0.3 is 5.00 Å². The van der Waals surface area contributed by atoms with Gasteiger partial charge in [-0.05, 0) is 64.0 Å². The normalized spacial score (nSPS) is 16.5. The minimum atomic E-state index is -0.431. The first kappa shape index (κ1) is 23.8. The standard InChI is InChI=1S/C25H24N4O3S3/c1-24(2)13-15-20(22-26-16-7-5-6-8-17(16)34-22)23(35-21(15)25(3,4)28-24)27-18(30)11-9-14-10-12-19(33-14)29(31)32/h5-12,28H,13H2,1-4H3,(H,27,30). The van der Waals surface area contributed by atoms with Gasteiger partial charge in [0.25, 0.3) is 0 Å². The van der Waals surface area contributed by atoms with E-state index >= 15 is 0 Å². The van der Waals surface area contributed by atoms with E-state index in [1.807, 2.05) is 18.2 Å². The molecule has 1 aromatic carbocycles. The third kappa shape index (κ3) is 4.66. The molecule has 0 atom stereocenters. The number of nitrogens with one attached hydrogen (secondary N) is 2. The van der Waals surface area contributed by atoms with Gasteiger partial charge in [-0.1, -0.05) is 23.5 Å². The molecule has 10 heteroatoms. The van der Waals surface area contributed by atoms with Crippen molar-refractivity contribution in [1.29, 1.82) is 0 Å². The highest BCUT2D eigenvalue weighted by atomic mass is 32.1. The molecule has 1 amide bonds. The fraction of sp³-hybridized carbons (Fsp3) is 0.280. The maximum absolute atomic E-state index is 12.9. The fourth-order valence-corrected chi connectivity index (χ4v) is 7.78. The Kier molecular flexibility index (Phi) is 5.87. The van der Waals surface area contributed by atoms with Gasteiger partial charge in [0.1, 0.15) is 10.0 Å². The van der Waals surface area contributed by atoms with Crippen LogP contribution in [0.25, 0.3) is 26.9 Å². The zero-order valence-electron chi connectivity index (χ0n) is 19.7. The minimum absolute atomic E-state index is 0.0476. The number of anilines is 1. The van der Waals surface area contributed by atoms with E-state index in [9.17, 15) is 14.9 Å². The van der Waals surface area contributed by atoms with Gasteiger partial charge in [-0.3, -0.25) is 14.9 Å². The second kappa shape index (κ2) is 8.63. The van der Waals surface area contributed by atoms with E-state index in [0.717, 1.165) is 43.5 Å². The second-order valence-corrected chi connectivity index (χ2v) is 12.8. The van der Waals surface area contributed by atoms with Crippen molar-refractivity contribution in [1.82, 2.24) is 10.3 Å². The number of benzene rings is 1. The predicted molar refractivity (Wildman–Crippen MR) is 146 cm³/mol. The maximum Gasteiger partial charge on any atom is 0.324 e. The summed E-state index contributed by atoms with van der Waals surface area (Å²) in [6.45, 7) is 8.72. The van der Waals surface area contributed by atoms with Crippen molar-refractivity contribution in [2.75, 3.05) is 5.32 Å². The molecule has 0 saturated heterocycles. The van der Waals surface area contributed by atoms with Crippen LogP contribution in [-0.4, -0.2) is 21.4 Å². The Balaban J connectivity index is 1.55. The summed E-state index contributed by atoms with van der Waals surface area (Å²) in [5.74, 6) is -0.285. The van der Waals surface area contributed by atoms with Crippen LogP contribution in [0.15, 0.2) is 42.5 Å². The van der Waals surface area contributed by atoms with Crippen molar-refractivity contribution in [3.63, 3.8) is 0 Å². The fourth-order valence-electron chi connectivity index (χ4n) is 4.66. The smallest absolute Gasteiger partial charge is 0.313 e. The number of carbonyl (C=O) groups excluding carboxylic acids is 1. The highest BCUT2D eigenvalue weighted by Crippen LogP contribution is 2.50. The first-order valence-electron chi connectivity index (χ1n) is 11.1. The van der Waals surface area contributed by atoms with Crippen LogP contribution in [0.1, 0.15) is 43.0 Å². The van der Waals surface area contributed by atoms with Crippen molar-refractivity contribution in [3.8, 4) is 10.6 Å². The van der Waals surface area contributed by atoms with Gasteiger partial charge in [0.15, 0.2) is 0 Å². The van der Waals surface area contributed by atoms with Crippen LogP contribution in [-0.2, 0) is 16.8 Å². The van der Waals surface area contributed by atoms with Crippen LogP contribution in [0.3, 0.4) is 0 Å². The van der Waals surface area contributed by atoms with E-state index in [1.165, 1.54) is 22.6 Å². The molecule has 0 unspecified atom stereocenters. The van der Waals surface area contributed by atoms with E-state index in [0.29, 0.717) is 4.88 Å². The third-order valence-electron chi connectivity index (χ3n) is 5.78. The number of thiophene rings is 2. The molecule has 35 heavy (non-hydrogen) atoms. The zero-order chi connectivity index (χ0) is 25.0. The molecule has 0 bridgehead atoms. The number of nitrogens with zero attached hydrogens (tertiary/aromatic N) is 2. The van der Waals surface area contributed by atoms with Crippen molar-refractivity contribution >= 4 is 66.2 Å². The van der Waals surface area contributed by atoms with Gasteiger partial charge < -0.3 is 10.6 Å². The van der Waals surface area contributed by atoms with Crippen LogP contribution < -0.4 is 10.6 Å². The molecule has 0 radical (unpaired) electrons. The number of fused-ring (bicyclic) bond motifs is 2. The molecule has 4 aromatic rings. The molecular formula is C25H24N4O3S3. The maximum atomic E-state index is 12.9. The van der Waals surface area contributed by atoms with E-state index in [2.05, 4.69) is 44.4 Å². The lowest BCUT2D eigenvalue weighted by Crippen LogP contribution is -2.54. The van der Waals surface area contributed by atoms with E-state index in [1.54, 1.807) is 34.8 Å². The Hall–Kier alpha value is -2.92. The van der Waals surface area contributed by atoms with Crippen molar-refractivity contribution in [2.45, 2.75) is 45.2 Å². The number of rotatable bonds is 5. The van der Waals surface area contributed by atoms with Crippen LogP contribution in [0.5, 0.6) is 0 Å². The van der Waals surface area contributed by atoms with E-state index in [-0.39, 0.29) is 22.0 Å². The van der Waals surface area contributed by atoms with Crippen LogP contribution >= 0.6 is 34.0 Å². The van der Waals surface area contributed by atoms with Crippen LogP contribution in [0.4, 0.5) is 10.0 Å². The number of nitro groups is 1. The summed E-state index contributed by atoms with van der Waals surface area (Å²) >= 11 is 4.25. The molecule has 0 saturated carbocycles. The molecule has 4 heterocycles. The molecule has 0 fully saturated rings. The lowest BCUT2D eigenvalue weighted by atomic mass is 9.81. The minimum Gasteiger partial charge on any atom is -0.313 e. The molecule has 7 nitrogen and oxygen atoms in total. The number of amides is 1. The van der Waals surface area contributed by atoms with Gasteiger partial charge in [0.2, 0.25) is 5.91 Å². The van der Waals surface area contributed by atoms with Crippen molar-refractivity contribution in [3.05, 3.63) is 67.9 Å². The van der Waals surface area contributed by atoms with Crippen LogP contribution in [0, 0.1) is 10.1 Å². The molecule has 0 aliphatic carbocycles. The van der Waals surface area contributed by atoms with Gasteiger partial charge in [0.05, 0.1) is 15.1 Å². The molecule has 5 rings (SSSR count). The van der Waals surface area contributed by atoms with Gasteiger partial charge in [-0.15, -0.1) is 22.7 Å². The average molecular weight is 525 g/mol. The Morgan fingerprint density at radius 3 is 2.63 bits per heavy atom. The van der Waals surface area contributed by atoms with Crippen LogP contribution in [0.2, 0.25) is 0 Å². The second-order valence-electron chi connectivity index (χ2n) is 9.67. The highest BCUT2D eigenvalue weighted by molar-refractivity contribution is 7.23. The molecule has 180 valence electrons.